The van der Waals surface area contributed by atoms with E-state index in [1.54, 1.807) is 6.08 Å². The smallest absolute Gasteiger partial charge is 0.347 e. The van der Waals surface area contributed by atoms with Gasteiger partial charge in [-0.2, -0.15) is 0 Å². The molecule has 4 heteroatoms. The molecule has 1 aliphatic rings. The SMILES string of the molecule is CC.CCN(C)CC=COC(=O)C(O)(c1ccccc1)C1CCCCC1. The second-order valence-electron chi connectivity index (χ2n) is 6.60. The van der Waals surface area contributed by atoms with Crippen LogP contribution in [0.1, 0.15) is 58.4 Å². The van der Waals surface area contributed by atoms with Crippen LogP contribution in [-0.4, -0.2) is 36.1 Å². The lowest BCUT2D eigenvalue weighted by Gasteiger charge is -2.36. The van der Waals surface area contributed by atoms with Crippen LogP contribution in [0.3, 0.4) is 0 Å². The molecule has 1 N–H and O–H groups in total. The zero-order valence-electron chi connectivity index (χ0n) is 16.8. The Morgan fingerprint density at radius 1 is 1.23 bits per heavy atom. The molecule has 0 aliphatic heterocycles. The van der Waals surface area contributed by atoms with Gasteiger partial charge in [0.05, 0.1) is 6.26 Å². The third kappa shape index (κ3) is 5.96. The van der Waals surface area contributed by atoms with Gasteiger partial charge in [0.2, 0.25) is 0 Å². The molecule has 4 nitrogen and oxygen atoms in total. The standard InChI is InChI=1S/C20H29NO3.C2H6/c1-3-21(2)15-10-16-24-19(22)20(23,17-11-6-4-7-12-17)18-13-8-5-9-14-18;1-2/h4,6-7,10-12,16,18,23H,3,5,8-9,13-15H2,1-2H3;1-2H3. The molecule has 0 radical (unpaired) electrons. The summed E-state index contributed by atoms with van der Waals surface area (Å²) >= 11 is 0. The number of likely N-dealkylation sites (N-methyl/N-ethyl adjacent to an activating group) is 1. The molecular weight excluding hydrogens is 326 g/mol. The lowest BCUT2D eigenvalue weighted by atomic mass is 9.73. The van der Waals surface area contributed by atoms with E-state index < -0.39 is 11.6 Å². The summed E-state index contributed by atoms with van der Waals surface area (Å²) in [4.78, 5) is 14.8. The Morgan fingerprint density at radius 3 is 2.42 bits per heavy atom. The molecule has 0 bridgehead atoms. The van der Waals surface area contributed by atoms with Crippen molar-refractivity contribution < 1.29 is 14.6 Å². The monoisotopic (exact) mass is 361 g/mol. The molecule has 0 aromatic heterocycles. The average molecular weight is 362 g/mol. The summed E-state index contributed by atoms with van der Waals surface area (Å²) in [6.07, 6.45) is 8.17. The Hall–Kier alpha value is -1.65. The molecule has 0 spiro atoms. The van der Waals surface area contributed by atoms with Gasteiger partial charge in [0.1, 0.15) is 0 Å². The maximum Gasteiger partial charge on any atom is 0.347 e. The molecule has 26 heavy (non-hydrogen) atoms. The van der Waals surface area contributed by atoms with Crippen LogP contribution in [0.5, 0.6) is 0 Å². The molecule has 0 amide bonds. The van der Waals surface area contributed by atoms with Gasteiger partial charge in [-0.3, -0.25) is 0 Å². The van der Waals surface area contributed by atoms with Crippen molar-refractivity contribution in [1.29, 1.82) is 0 Å². The van der Waals surface area contributed by atoms with Gasteiger partial charge in [0.25, 0.3) is 0 Å². The highest BCUT2D eigenvalue weighted by atomic mass is 16.5. The van der Waals surface area contributed by atoms with Crippen molar-refractivity contribution in [2.75, 3.05) is 20.1 Å². The molecule has 1 atom stereocenters. The maximum atomic E-state index is 12.7. The van der Waals surface area contributed by atoms with Crippen LogP contribution in [0.15, 0.2) is 42.7 Å². The Labute approximate surface area is 158 Å². The van der Waals surface area contributed by atoms with Crippen LogP contribution in [0, 0.1) is 5.92 Å². The zero-order chi connectivity index (χ0) is 19.4. The molecule has 1 aliphatic carbocycles. The molecule has 1 saturated carbocycles. The number of hydrogen-bond donors (Lipinski definition) is 1. The third-order valence-corrected chi connectivity index (χ3v) is 4.95. The molecule has 0 heterocycles. The summed E-state index contributed by atoms with van der Waals surface area (Å²) in [5, 5.41) is 11.3. The summed E-state index contributed by atoms with van der Waals surface area (Å²) < 4.78 is 5.31. The zero-order valence-corrected chi connectivity index (χ0v) is 16.8. The van der Waals surface area contributed by atoms with Gasteiger partial charge in [-0.15, -0.1) is 0 Å². The summed E-state index contributed by atoms with van der Waals surface area (Å²) in [6.45, 7) is 7.70. The Kier molecular flexibility index (Phi) is 10.2. The second-order valence-corrected chi connectivity index (χ2v) is 6.60. The van der Waals surface area contributed by atoms with Crippen molar-refractivity contribution >= 4 is 5.97 Å². The van der Waals surface area contributed by atoms with Crippen LogP contribution < -0.4 is 0 Å². The van der Waals surface area contributed by atoms with E-state index in [1.807, 2.05) is 51.2 Å². The quantitative estimate of drug-likeness (QED) is 0.574. The average Bonchev–Trinajstić information content (AvgIpc) is 2.72. The Morgan fingerprint density at radius 2 is 1.85 bits per heavy atom. The molecule has 146 valence electrons. The van der Waals surface area contributed by atoms with E-state index in [9.17, 15) is 9.90 Å². The van der Waals surface area contributed by atoms with Gasteiger partial charge in [0.15, 0.2) is 5.60 Å². The summed E-state index contributed by atoms with van der Waals surface area (Å²) in [5.74, 6) is -0.663. The van der Waals surface area contributed by atoms with Crippen LogP contribution in [0.4, 0.5) is 0 Å². The number of hydrogen-bond acceptors (Lipinski definition) is 4. The number of benzene rings is 1. The number of rotatable bonds is 7. The normalized spacial score (nSPS) is 17.5. The van der Waals surface area contributed by atoms with Crippen LogP contribution in [0.2, 0.25) is 0 Å². The first kappa shape index (κ1) is 22.4. The van der Waals surface area contributed by atoms with Crippen LogP contribution in [0.25, 0.3) is 0 Å². The lowest BCUT2D eigenvalue weighted by molar-refractivity contribution is -0.169. The van der Waals surface area contributed by atoms with Crippen LogP contribution in [-0.2, 0) is 15.1 Å². The van der Waals surface area contributed by atoms with Crippen molar-refractivity contribution in [3.8, 4) is 0 Å². The molecular formula is C22H35NO3. The van der Waals surface area contributed by atoms with Gasteiger partial charge in [0, 0.05) is 12.5 Å². The van der Waals surface area contributed by atoms with E-state index in [1.165, 1.54) is 12.7 Å². The maximum absolute atomic E-state index is 12.7. The largest absolute Gasteiger partial charge is 0.432 e. The fourth-order valence-corrected chi connectivity index (χ4v) is 3.28. The van der Waals surface area contributed by atoms with E-state index in [0.29, 0.717) is 12.1 Å². The van der Waals surface area contributed by atoms with E-state index in [2.05, 4.69) is 11.8 Å². The number of aliphatic hydroxyl groups is 1. The van der Waals surface area contributed by atoms with Crippen molar-refractivity contribution in [3.63, 3.8) is 0 Å². The number of esters is 1. The minimum Gasteiger partial charge on any atom is -0.432 e. The highest BCUT2D eigenvalue weighted by Gasteiger charge is 2.46. The topological polar surface area (TPSA) is 49.8 Å². The summed E-state index contributed by atoms with van der Waals surface area (Å²) in [7, 11) is 1.99. The number of carbonyl (C=O) groups is 1. The molecule has 0 saturated heterocycles. The number of nitrogens with zero attached hydrogens (tertiary/aromatic N) is 1. The second kappa shape index (κ2) is 11.9. The van der Waals surface area contributed by atoms with Gasteiger partial charge in [-0.05, 0) is 38.1 Å². The van der Waals surface area contributed by atoms with Crippen molar-refractivity contribution in [2.24, 2.45) is 5.92 Å². The molecule has 1 aromatic carbocycles. The predicted molar refractivity (Wildman–Crippen MR) is 107 cm³/mol. The van der Waals surface area contributed by atoms with Crippen molar-refractivity contribution in [2.45, 2.75) is 58.5 Å². The van der Waals surface area contributed by atoms with Gasteiger partial charge in [-0.1, -0.05) is 70.4 Å². The van der Waals surface area contributed by atoms with Crippen LogP contribution >= 0.6 is 0 Å². The fourth-order valence-electron chi connectivity index (χ4n) is 3.28. The fraction of sp³-hybridized carbons (Fsp3) is 0.591. The van der Waals surface area contributed by atoms with Crippen molar-refractivity contribution in [3.05, 3.63) is 48.2 Å². The summed E-state index contributed by atoms with van der Waals surface area (Å²) in [5.41, 5.74) is -0.941. The third-order valence-electron chi connectivity index (χ3n) is 4.95. The first-order valence-corrected chi connectivity index (χ1v) is 9.91. The highest BCUT2D eigenvalue weighted by Crippen LogP contribution is 2.40. The van der Waals surface area contributed by atoms with Gasteiger partial charge in [-0.25, -0.2) is 4.79 Å². The van der Waals surface area contributed by atoms with Crippen molar-refractivity contribution in [1.82, 2.24) is 4.90 Å². The number of carbonyl (C=O) groups excluding carboxylic acids is 1. The first-order valence-electron chi connectivity index (χ1n) is 9.91. The molecule has 1 fully saturated rings. The van der Waals surface area contributed by atoms with E-state index in [4.69, 9.17) is 4.74 Å². The van der Waals surface area contributed by atoms with Gasteiger partial charge >= 0.3 is 5.97 Å². The molecule has 2 rings (SSSR count). The van der Waals surface area contributed by atoms with E-state index in [-0.39, 0.29) is 5.92 Å². The van der Waals surface area contributed by atoms with E-state index >= 15 is 0 Å². The predicted octanol–water partition coefficient (Wildman–Crippen LogP) is 4.49. The highest BCUT2D eigenvalue weighted by molar-refractivity contribution is 5.82. The minimum atomic E-state index is -1.57. The minimum absolute atomic E-state index is 0.0899. The Bertz CT molecular complexity index is 538. The molecule has 1 unspecified atom stereocenters. The lowest BCUT2D eigenvalue weighted by Crippen LogP contribution is -2.44. The van der Waals surface area contributed by atoms with Gasteiger partial charge < -0.3 is 14.7 Å². The first-order chi connectivity index (χ1) is 12.6. The van der Waals surface area contributed by atoms with E-state index in [0.717, 1.165) is 32.2 Å². The molecule has 1 aromatic rings. The summed E-state index contributed by atoms with van der Waals surface area (Å²) in [6, 6.07) is 9.20. The Balaban J connectivity index is 0.00000163. The number of ether oxygens (including phenoxy) is 1.